The zero-order valence-electron chi connectivity index (χ0n) is 15.1. The minimum absolute atomic E-state index is 0.138. The normalized spacial score (nSPS) is 27.9. The molecule has 2 aromatic carbocycles. The van der Waals surface area contributed by atoms with Gasteiger partial charge in [0.15, 0.2) is 0 Å². The fourth-order valence-electron chi connectivity index (χ4n) is 4.87. The molecule has 2 aromatic rings. The number of halogens is 2. The van der Waals surface area contributed by atoms with Crippen molar-refractivity contribution in [2.45, 2.75) is 43.7 Å². The van der Waals surface area contributed by atoms with Crippen LogP contribution in [0, 0.1) is 17.6 Å². The second-order valence-corrected chi connectivity index (χ2v) is 7.59. The quantitative estimate of drug-likeness (QED) is 0.857. The first-order valence-corrected chi connectivity index (χ1v) is 9.55. The van der Waals surface area contributed by atoms with E-state index in [1.807, 2.05) is 30.3 Å². The fourth-order valence-corrected chi connectivity index (χ4v) is 4.87. The summed E-state index contributed by atoms with van der Waals surface area (Å²) < 4.78 is 28.3. The molecule has 1 aliphatic heterocycles. The third-order valence-electron chi connectivity index (χ3n) is 6.19. The Balaban J connectivity index is 1.69. The Morgan fingerprint density at radius 3 is 2.37 bits per heavy atom. The molecule has 1 aliphatic carbocycles. The van der Waals surface area contributed by atoms with Gasteiger partial charge in [0.25, 0.3) is 5.91 Å². The van der Waals surface area contributed by atoms with Crippen molar-refractivity contribution in [3.63, 3.8) is 0 Å². The molecular weight excluding hydrogens is 348 g/mol. The van der Waals surface area contributed by atoms with Crippen LogP contribution in [-0.4, -0.2) is 28.5 Å². The maximum absolute atomic E-state index is 14.2. The van der Waals surface area contributed by atoms with Crippen molar-refractivity contribution in [3.05, 3.63) is 71.3 Å². The molecule has 2 aliphatic rings. The van der Waals surface area contributed by atoms with Crippen LogP contribution in [0.15, 0.2) is 48.5 Å². The summed E-state index contributed by atoms with van der Waals surface area (Å²) in [6.07, 6.45) is 3.81. The molecule has 0 radical (unpaired) electrons. The Labute approximate surface area is 157 Å². The molecule has 1 saturated carbocycles. The Kier molecular flexibility index (Phi) is 4.72. The van der Waals surface area contributed by atoms with Gasteiger partial charge in [-0.2, -0.15) is 0 Å². The van der Waals surface area contributed by atoms with Crippen LogP contribution in [-0.2, 0) is 5.60 Å². The van der Waals surface area contributed by atoms with Crippen molar-refractivity contribution >= 4 is 5.91 Å². The average molecular weight is 371 g/mol. The molecule has 1 amide bonds. The highest BCUT2D eigenvalue weighted by atomic mass is 19.1. The Bertz CT molecular complexity index is 821. The van der Waals surface area contributed by atoms with Gasteiger partial charge in [0.05, 0.1) is 5.60 Å². The molecule has 0 unspecified atom stereocenters. The summed E-state index contributed by atoms with van der Waals surface area (Å²) in [6, 6.07) is 12.8. The molecule has 142 valence electrons. The van der Waals surface area contributed by atoms with Crippen molar-refractivity contribution in [2.24, 2.45) is 5.92 Å². The van der Waals surface area contributed by atoms with Crippen molar-refractivity contribution in [1.82, 2.24) is 4.90 Å². The predicted molar refractivity (Wildman–Crippen MR) is 98.1 cm³/mol. The third kappa shape index (κ3) is 3.04. The Morgan fingerprint density at radius 1 is 1.00 bits per heavy atom. The number of nitrogens with zero attached hydrogens (tertiary/aromatic N) is 1. The lowest BCUT2D eigenvalue weighted by molar-refractivity contribution is -0.110. The molecule has 1 saturated heterocycles. The van der Waals surface area contributed by atoms with Crippen LogP contribution in [0.5, 0.6) is 0 Å². The van der Waals surface area contributed by atoms with Gasteiger partial charge in [-0.25, -0.2) is 8.78 Å². The second-order valence-electron chi connectivity index (χ2n) is 7.59. The summed E-state index contributed by atoms with van der Waals surface area (Å²) in [6.45, 7) is 0.277. The molecule has 3 atom stereocenters. The average Bonchev–Trinajstić information content (AvgIpc) is 2.69. The van der Waals surface area contributed by atoms with Gasteiger partial charge in [-0.1, -0.05) is 49.2 Å². The molecule has 1 N–H and O–H groups in total. The van der Waals surface area contributed by atoms with Gasteiger partial charge in [-0.3, -0.25) is 4.79 Å². The summed E-state index contributed by atoms with van der Waals surface area (Å²) in [5.41, 5.74) is -0.658. The summed E-state index contributed by atoms with van der Waals surface area (Å²) in [7, 11) is 0. The summed E-state index contributed by atoms with van der Waals surface area (Å²) in [5.74, 6) is -2.42. The van der Waals surface area contributed by atoms with E-state index < -0.39 is 28.7 Å². The number of carbonyl (C=O) groups excluding carboxylic acids is 1. The number of piperidine rings is 1. The molecule has 0 aromatic heterocycles. The molecule has 2 fully saturated rings. The number of likely N-dealkylation sites (tertiary alicyclic amines) is 1. The molecule has 4 rings (SSSR count). The number of carbonyl (C=O) groups is 1. The van der Waals surface area contributed by atoms with Crippen LogP contribution in [0.3, 0.4) is 0 Å². The molecule has 0 bridgehead atoms. The van der Waals surface area contributed by atoms with Crippen LogP contribution in [0.1, 0.15) is 48.0 Å². The number of aliphatic hydroxyl groups is 1. The van der Waals surface area contributed by atoms with Crippen molar-refractivity contribution in [1.29, 1.82) is 0 Å². The monoisotopic (exact) mass is 371 g/mol. The number of rotatable bonds is 2. The number of hydrogen-bond donors (Lipinski definition) is 1. The third-order valence-corrected chi connectivity index (χ3v) is 6.19. The highest BCUT2D eigenvalue weighted by Crippen LogP contribution is 2.47. The van der Waals surface area contributed by atoms with Crippen LogP contribution in [0.25, 0.3) is 0 Å². The lowest BCUT2D eigenvalue weighted by Gasteiger charge is -2.52. The maximum atomic E-state index is 14.2. The van der Waals surface area contributed by atoms with Crippen molar-refractivity contribution in [3.8, 4) is 0 Å². The first kappa shape index (κ1) is 18.1. The van der Waals surface area contributed by atoms with Gasteiger partial charge in [0.2, 0.25) is 0 Å². The lowest BCUT2D eigenvalue weighted by atomic mass is 9.66. The van der Waals surface area contributed by atoms with E-state index in [0.29, 0.717) is 6.42 Å². The second kappa shape index (κ2) is 7.04. The van der Waals surface area contributed by atoms with Crippen molar-refractivity contribution in [2.75, 3.05) is 6.54 Å². The molecule has 0 spiro atoms. The van der Waals surface area contributed by atoms with Gasteiger partial charge in [-0.15, -0.1) is 0 Å². The van der Waals surface area contributed by atoms with E-state index in [2.05, 4.69) is 0 Å². The van der Waals surface area contributed by atoms with Crippen LogP contribution in [0.2, 0.25) is 0 Å². The highest BCUT2D eigenvalue weighted by molar-refractivity contribution is 5.95. The predicted octanol–water partition coefficient (Wildman–Crippen LogP) is 4.26. The van der Waals surface area contributed by atoms with E-state index in [1.165, 1.54) is 6.07 Å². The number of fused-ring (bicyclic) bond motifs is 1. The largest absolute Gasteiger partial charge is 0.385 e. The first-order chi connectivity index (χ1) is 13.0. The number of benzene rings is 2. The van der Waals surface area contributed by atoms with Gasteiger partial charge < -0.3 is 10.0 Å². The first-order valence-electron chi connectivity index (χ1n) is 9.55. The van der Waals surface area contributed by atoms with Gasteiger partial charge >= 0.3 is 0 Å². The smallest absolute Gasteiger partial charge is 0.260 e. The molecule has 5 heteroatoms. The van der Waals surface area contributed by atoms with Gasteiger partial charge in [-0.05, 0) is 37.0 Å². The van der Waals surface area contributed by atoms with E-state index >= 15 is 0 Å². The van der Waals surface area contributed by atoms with E-state index in [4.69, 9.17) is 0 Å². The van der Waals surface area contributed by atoms with Crippen LogP contribution in [0.4, 0.5) is 8.78 Å². The van der Waals surface area contributed by atoms with E-state index in [-0.39, 0.29) is 18.5 Å². The van der Waals surface area contributed by atoms with Gasteiger partial charge in [0, 0.05) is 18.5 Å². The van der Waals surface area contributed by atoms with Gasteiger partial charge in [0.1, 0.15) is 17.2 Å². The Hall–Kier alpha value is -2.27. The fraction of sp³-hybridized carbons (Fsp3) is 0.409. The number of amides is 1. The minimum Gasteiger partial charge on any atom is -0.385 e. The van der Waals surface area contributed by atoms with E-state index in [1.54, 1.807) is 4.90 Å². The standard InChI is InChI=1S/C22H23F2NO2/c23-17-10-6-11-18(24)20(17)21(26)25-14-13-22(27,15-7-2-1-3-8-15)16-9-4-5-12-19(16)25/h1-3,6-8,10-11,16,19,27H,4-5,9,12-14H2/t16-,19-,22+/m1/s1. The summed E-state index contributed by atoms with van der Waals surface area (Å²) in [5, 5.41) is 11.5. The van der Waals surface area contributed by atoms with Crippen molar-refractivity contribution < 1.29 is 18.7 Å². The molecule has 1 heterocycles. The molecule has 27 heavy (non-hydrogen) atoms. The minimum atomic E-state index is -1.02. The highest BCUT2D eigenvalue weighted by Gasteiger charge is 2.50. The lowest BCUT2D eigenvalue weighted by Crippen LogP contribution is -2.59. The van der Waals surface area contributed by atoms with Crippen LogP contribution < -0.4 is 0 Å². The topological polar surface area (TPSA) is 40.5 Å². The molecular formula is C22H23F2NO2. The van der Waals surface area contributed by atoms with E-state index in [0.717, 1.165) is 43.4 Å². The Morgan fingerprint density at radius 2 is 1.67 bits per heavy atom. The number of hydrogen-bond acceptors (Lipinski definition) is 2. The van der Waals surface area contributed by atoms with E-state index in [9.17, 15) is 18.7 Å². The zero-order chi connectivity index (χ0) is 19.0. The SMILES string of the molecule is O=C(c1c(F)cccc1F)N1CC[C@](O)(c2ccccc2)[C@@H]2CCCC[C@H]21. The maximum Gasteiger partial charge on any atom is 0.260 e. The summed E-state index contributed by atoms with van der Waals surface area (Å²) >= 11 is 0. The molecule has 3 nitrogen and oxygen atoms in total. The van der Waals surface area contributed by atoms with Crippen LogP contribution >= 0.6 is 0 Å². The zero-order valence-corrected chi connectivity index (χ0v) is 15.1. The summed E-state index contributed by atoms with van der Waals surface area (Å²) in [4.78, 5) is 14.6.